The van der Waals surface area contributed by atoms with Crippen molar-refractivity contribution in [2.75, 3.05) is 0 Å². The van der Waals surface area contributed by atoms with Crippen molar-refractivity contribution < 1.29 is 9.53 Å². The first-order valence-electron chi connectivity index (χ1n) is 9.30. The van der Waals surface area contributed by atoms with E-state index < -0.39 is 5.92 Å². The normalized spacial score (nSPS) is 18.5. The smallest absolute Gasteiger partial charge is 0.174 e. The van der Waals surface area contributed by atoms with E-state index in [-0.39, 0.29) is 11.8 Å². The summed E-state index contributed by atoms with van der Waals surface area (Å²) in [6, 6.07) is 26.2. The summed E-state index contributed by atoms with van der Waals surface area (Å²) in [6.07, 6.45) is 0. The van der Waals surface area contributed by atoms with Crippen molar-refractivity contribution in [2.45, 2.75) is 6.04 Å². The molecule has 0 bridgehead atoms. The first kappa shape index (κ1) is 18.9. The third-order valence-corrected chi connectivity index (χ3v) is 5.05. The molecule has 0 saturated carbocycles. The van der Waals surface area contributed by atoms with Crippen molar-refractivity contribution in [1.82, 2.24) is 10.6 Å². The van der Waals surface area contributed by atoms with Crippen molar-refractivity contribution >= 4 is 23.1 Å². The third kappa shape index (κ3) is 4.20. The minimum Gasteiger partial charge on any atom is -0.457 e. The van der Waals surface area contributed by atoms with E-state index in [2.05, 4.69) is 17.2 Å². The summed E-state index contributed by atoms with van der Waals surface area (Å²) in [4.78, 5) is 13.2. The van der Waals surface area contributed by atoms with Crippen LogP contribution in [0.3, 0.4) is 0 Å². The van der Waals surface area contributed by atoms with Crippen LogP contribution in [0, 0.1) is 5.92 Å². The highest BCUT2D eigenvalue weighted by molar-refractivity contribution is 7.80. The Morgan fingerprint density at radius 2 is 1.45 bits per heavy atom. The number of thiocarbonyl (C=S) groups is 1. The zero-order valence-corrected chi connectivity index (χ0v) is 16.5. The van der Waals surface area contributed by atoms with E-state index in [0.717, 1.165) is 17.1 Å². The third-order valence-electron chi connectivity index (χ3n) is 4.83. The lowest BCUT2D eigenvalue weighted by Gasteiger charge is -2.35. The quantitative estimate of drug-likeness (QED) is 0.466. The van der Waals surface area contributed by atoms with Gasteiger partial charge in [0.05, 0.1) is 12.0 Å². The van der Waals surface area contributed by atoms with Gasteiger partial charge in [0.1, 0.15) is 11.5 Å². The topological polar surface area (TPSA) is 50.4 Å². The van der Waals surface area contributed by atoms with Crippen LogP contribution < -0.4 is 15.4 Å². The van der Waals surface area contributed by atoms with Crippen LogP contribution in [0.1, 0.15) is 22.0 Å². The lowest BCUT2D eigenvalue weighted by molar-refractivity contribution is 0.0912. The molecule has 0 unspecified atom stereocenters. The Kier molecular flexibility index (Phi) is 5.40. The van der Waals surface area contributed by atoms with E-state index in [1.807, 2.05) is 84.9 Å². The lowest BCUT2D eigenvalue weighted by Crippen LogP contribution is -2.50. The maximum absolute atomic E-state index is 13.2. The van der Waals surface area contributed by atoms with E-state index >= 15 is 0 Å². The molecule has 4 nitrogen and oxygen atoms in total. The molecule has 0 aromatic heterocycles. The fourth-order valence-electron chi connectivity index (χ4n) is 3.42. The molecule has 29 heavy (non-hydrogen) atoms. The maximum atomic E-state index is 13.2. The Morgan fingerprint density at radius 1 is 0.862 bits per heavy atom. The van der Waals surface area contributed by atoms with Gasteiger partial charge in [-0.05, 0) is 42.0 Å². The number of benzene rings is 3. The van der Waals surface area contributed by atoms with Gasteiger partial charge < -0.3 is 15.4 Å². The molecule has 5 heteroatoms. The van der Waals surface area contributed by atoms with Crippen molar-refractivity contribution in [3.05, 3.63) is 108 Å². The SMILES string of the molecule is C=C1NC(=S)N[C@@H](c2ccc(Oc3ccccc3)cc2)[C@@H]1C(=O)c1ccccc1. The lowest BCUT2D eigenvalue weighted by atomic mass is 9.83. The van der Waals surface area contributed by atoms with Crippen LogP contribution in [0.4, 0.5) is 0 Å². The molecule has 4 rings (SSSR count). The van der Waals surface area contributed by atoms with Gasteiger partial charge in [-0.3, -0.25) is 4.79 Å². The van der Waals surface area contributed by atoms with Crippen LogP contribution in [0.15, 0.2) is 97.2 Å². The highest BCUT2D eigenvalue weighted by atomic mass is 32.1. The number of nitrogens with one attached hydrogen (secondary N) is 2. The van der Waals surface area contributed by atoms with Gasteiger partial charge in [-0.1, -0.05) is 67.2 Å². The minimum atomic E-state index is -0.481. The second-order valence-electron chi connectivity index (χ2n) is 6.79. The summed E-state index contributed by atoms with van der Waals surface area (Å²) < 4.78 is 5.86. The number of hydrogen-bond donors (Lipinski definition) is 2. The van der Waals surface area contributed by atoms with Gasteiger partial charge >= 0.3 is 0 Å². The predicted molar refractivity (Wildman–Crippen MR) is 118 cm³/mol. The molecule has 0 radical (unpaired) electrons. The Labute approximate surface area is 175 Å². The van der Waals surface area contributed by atoms with Crippen molar-refractivity contribution in [3.8, 4) is 11.5 Å². The number of rotatable bonds is 5. The van der Waals surface area contributed by atoms with Gasteiger partial charge in [0.15, 0.2) is 10.9 Å². The highest BCUT2D eigenvalue weighted by Gasteiger charge is 2.36. The van der Waals surface area contributed by atoms with Crippen LogP contribution in [-0.2, 0) is 0 Å². The molecular formula is C24H20N2O2S. The van der Waals surface area contributed by atoms with Crippen LogP contribution >= 0.6 is 12.2 Å². The Bertz CT molecular complexity index is 1030. The summed E-state index contributed by atoms with van der Waals surface area (Å²) in [5.74, 6) is 1.01. The number of hydrogen-bond acceptors (Lipinski definition) is 3. The molecule has 2 N–H and O–H groups in total. The molecule has 0 amide bonds. The summed E-state index contributed by atoms with van der Waals surface area (Å²) in [6.45, 7) is 4.06. The Balaban J connectivity index is 1.60. The van der Waals surface area contributed by atoms with E-state index in [1.54, 1.807) is 0 Å². The first-order chi connectivity index (χ1) is 14.1. The second-order valence-corrected chi connectivity index (χ2v) is 7.20. The fourth-order valence-corrected chi connectivity index (χ4v) is 3.68. The van der Waals surface area contributed by atoms with Gasteiger partial charge in [-0.2, -0.15) is 0 Å². The zero-order valence-electron chi connectivity index (χ0n) is 15.7. The van der Waals surface area contributed by atoms with Gasteiger partial charge in [0.2, 0.25) is 0 Å². The van der Waals surface area contributed by atoms with E-state index in [4.69, 9.17) is 17.0 Å². The summed E-state index contributed by atoms with van der Waals surface area (Å²) in [5, 5.41) is 6.69. The van der Waals surface area contributed by atoms with Gasteiger partial charge in [-0.15, -0.1) is 0 Å². The zero-order chi connectivity index (χ0) is 20.2. The van der Waals surface area contributed by atoms with Crippen molar-refractivity contribution in [2.24, 2.45) is 5.92 Å². The monoisotopic (exact) mass is 400 g/mol. The Morgan fingerprint density at radius 3 is 2.10 bits per heavy atom. The van der Waals surface area contributed by atoms with Crippen molar-refractivity contribution in [3.63, 3.8) is 0 Å². The average molecular weight is 401 g/mol. The number of Topliss-reactive ketones (excluding diaryl/α,β-unsaturated/α-hetero) is 1. The minimum absolute atomic E-state index is 0.00675. The van der Waals surface area contributed by atoms with E-state index in [1.165, 1.54) is 0 Å². The van der Waals surface area contributed by atoms with Gasteiger partial charge in [0, 0.05) is 11.3 Å². The molecule has 1 aliphatic rings. The van der Waals surface area contributed by atoms with Gasteiger partial charge in [0.25, 0.3) is 0 Å². The average Bonchev–Trinajstić information content (AvgIpc) is 2.75. The second kappa shape index (κ2) is 8.29. The molecule has 1 saturated heterocycles. The summed E-state index contributed by atoms with van der Waals surface area (Å²) in [5.41, 5.74) is 2.17. The van der Waals surface area contributed by atoms with Crippen LogP contribution in [0.2, 0.25) is 0 Å². The molecule has 0 spiro atoms. The molecule has 1 fully saturated rings. The van der Waals surface area contributed by atoms with Crippen LogP contribution in [-0.4, -0.2) is 10.9 Å². The summed E-state index contributed by atoms with van der Waals surface area (Å²) in [7, 11) is 0. The number of para-hydroxylation sites is 1. The Hall–Kier alpha value is -3.44. The molecule has 2 atom stereocenters. The maximum Gasteiger partial charge on any atom is 0.174 e. The molecular weight excluding hydrogens is 380 g/mol. The van der Waals surface area contributed by atoms with E-state index in [9.17, 15) is 4.79 Å². The highest BCUT2D eigenvalue weighted by Crippen LogP contribution is 2.33. The number of ketones is 1. The van der Waals surface area contributed by atoms with Crippen molar-refractivity contribution in [1.29, 1.82) is 0 Å². The molecule has 1 aliphatic heterocycles. The first-order valence-corrected chi connectivity index (χ1v) is 9.71. The molecule has 1 heterocycles. The predicted octanol–water partition coefficient (Wildman–Crippen LogP) is 5.01. The number of ether oxygens (including phenoxy) is 1. The van der Waals surface area contributed by atoms with Crippen LogP contribution in [0.25, 0.3) is 0 Å². The standard InChI is InChI=1S/C24H20N2O2S/c1-16-21(23(27)18-8-4-2-5-9-18)22(26-24(29)25-16)17-12-14-20(15-13-17)28-19-10-6-3-7-11-19/h2-15,21-22H,1H2,(H2,25,26,29)/t21-,22+/m1/s1. The number of carbonyl (C=O) groups is 1. The molecule has 3 aromatic carbocycles. The summed E-state index contributed by atoms with van der Waals surface area (Å²) >= 11 is 5.31. The fraction of sp³-hybridized carbons (Fsp3) is 0.0833. The number of carbonyl (C=O) groups excluding carboxylic acids is 1. The molecule has 0 aliphatic carbocycles. The largest absolute Gasteiger partial charge is 0.457 e. The molecule has 144 valence electrons. The van der Waals surface area contributed by atoms with Gasteiger partial charge in [-0.25, -0.2) is 0 Å². The van der Waals surface area contributed by atoms with E-state index in [0.29, 0.717) is 16.4 Å². The molecule has 3 aromatic rings. The van der Waals surface area contributed by atoms with Crippen LogP contribution in [0.5, 0.6) is 11.5 Å².